The van der Waals surface area contributed by atoms with Crippen LogP contribution in [0.25, 0.3) is 0 Å². The third-order valence-corrected chi connectivity index (χ3v) is 0.394. The van der Waals surface area contributed by atoms with Crippen LogP contribution >= 0.6 is 0 Å². The maximum absolute atomic E-state index is 2.68. The Labute approximate surface area is 29.0 Å². The van der Waals surface area contributed by atoms with E-state index in [-0.39, 0.29) is 0 Å². The fraction of sp³-hybridized carbons (Fsp3) is 0. The molecule has 3 nitrogen and oxygen atoms in total. The van der Waals surface area contributed by atoms with E-state index in [9.17, 15) is 0 Å². The Bertz CT molecular complexity index is 61.4. The molecule has 26 valence electrons. The van der Waals surface area contributed by atoms with Crippen LogP contribution < -0.4 is 10.2 Å². The Morgan fingerprint density at radius 3 is 2.00 bits per heavy atom. The number of nitrogens with one attached hydrogen (secondary N) is 3. The molecule has 0 saturated heterocycles. The summed E-state index contributed by atoms with van der Waals surface area (Å²) in [5.41, 5.74) is 0. The number of aromatic nitrogens is 3. The third-order valence-electron chi connectivity index (χ3n) is 0.394. The molecule has 0 aliphatic heterocycles. The Morgan fingerprint density at radius 1 is 1.20 bits per heavy atom. The van der Waals surface area contributed by atoms with Crippen molar-refractivity contribution in [1.82, 2.24) is 5.21 Å². The first-order valence-corrected chi connectivity index (χ1v) is 1.41. The van der Waals surface area contributed by atoms with Gasteiger partial charge in [0.25, 0.3) is 12.4 Å². The number of hydrogen-bond donors (Lipinski definition) is 1. The van der Waals surface area contributed by atoms with Crippen molar-refractivity contribution in [3.8, 4) is 0 Å². The highest BCUT2D eigenvalue weighted by molar-refractivity contribution is 4.35. The highest BCUT2D eigenvalue weighted by Gasteiger charge is 1.73. The lowest BCUT2D eigenvalue weighted by Crippen LogP contribution is -2.09. The Kier molecular flexibility index (Phi) is 0.400. The first-order valence-electron chi connectivity index (χ1n) is 1.41. The van der Waals surface area contributed by atoms with Gasteiger partial charge in [-0.2, -0.15) is 0 Å². The highest BCUT2D eigenvalue weighted by Crippen LogP contribution is 1.37. The minimum atomic E-state index is 1.76. The van der Waals surface area contributed by atoms with Gasteiger partial charge in [-0.1, -0.05) is 10.2 Å². The second-order valence-corrected chi connectivity index (χ2v) is 0.747. The van der Waals surface area contributed by atoms with E-state index in [1.165, 1.54) is 0 Å². The van der Waals surface area contributed by atoms with Crippen LogP contribution in [0, 0.1) is 0 Å². The monoisotopic (exact) mass is 71.0 g/mol. The van der Waals surface area contributed by atoms with Crippen LogP contribution in [-0.2, 0) is 0 Å². The van der Waals surface area contributed by atoms with Crippen LogP contribution in [0.3, 0.4) is 0 Å². The minimum absolute atomic E-state index is 1.76. The van der Waals surface area contributed by atoms with Gasteiger partial charge in [0.15, 0.2) is 0 Å². The summed E-state index contributed by atoms with van der Waals surface area (Å²) in [7, 11) is 0. The molecule has 0 fully saturated rings. The second kappa shape index (κ2) is 0.839. The summed E-state index contributed by atoms with van der Waals surface area (Å²) < 4.78 is 0. The molecule has 0 bridgehead atoms. The van der Waals surface area contributed by atoms with Crippen LogP contribution in [0.15, 0.2) is 12.4 Å². The molecule has 5 heavy (non-hydrogen) atoms. The molecule has 0 unspecified atom stereocenters. The predicted molar refractivity (Wildman–Crippen MR) is 13.9 cm³/mol. The van der Waals surface area contributed by atoms with Crippen molar-refractivity contribution in [2.75, 3.05) is 0 Å². The van der Waals surface area contributed by atoms with E-state index < -0.39 is 0 Å². The van der Waals surface area contributed by atoms with Crippen LogP contribution in [0.1, 0.15) is 0 Å². The Morgan fingerprint density at radius 2 is 1.80 bits per heavy atom. The van der Waals surface area contributed by atoms with E-state index in [4.69, 9.17) is 0 Å². The lowest BCUT2D eigenvalue weighted by Gasteiger charge is -1.33. The number of hydrogen-bond acceptors (Lipinski definition) is 0. The van der Waals surface area contributed by atoms with Crippen LogP contribution in [-0.4, -0.2) is 5.21 Å². The first-order chi connectivity index (χ1) is 2.50. The van der Waals surface area contributed by atoms with Crippen LogP contribution in [0.4, 0.5) is 0 Å². The lowest BCUT2D eigenvalue weighted by atomic mass is 11.0. The number of H-pyrrole nitrogens is 3. The summed E-state index contributed by atoms with van der Waals surface area (Å²) in [6.07, 6.45) is 3.53. The number of aromatic amines is 3. The van der Waals surface area contributed by atoms with Crippen molar-refractivity contribution >= 4 is 0 Å². The summed E-state index contributed by atoms with van der Waals surface area (Å²) in [5.74, 6) is 0. The molecule has 1 aromatic heterocycles. The lowest BCUT2D eigenvalue weighted by molar-refractivity contribution is -0.612. The number of rotatable bonds is 0. The third kappa shape index (κ3) is 0.238. The summed E-state index contributed by atoms with van der Waals surface area (Å²) in [4.78, 5) is 0. The molecular weight excluding hydrogens is 66.0 g/mol. The molecule has 0 spiro atoms. The van der Waals surface area contributed by atoms with Crippen molar-refractivity contribution in [1.29, 1.82) is 0 Å². The molecule has 1 rings (SSSR count). The predicted octanol–water partition coefficient (Wildman–Crippen LogP) is -1.36. The van der Waals surface area contributed by atoms with E-state index in [1.54, 1.807) is 12.4 Å². The molecule has 0 aliphatic carbocycles. The Hall–Kier alpha value is -0.860. The van der Waals surface area contributed by atoms with Gasteiger partial charge in [-0.05, 0) is 0 Å². The van der Waals surface area contributed by atoms with E-state index in [0.29, 0.717) is 0 Å². The maximum atomic E-state index is 2.68. The zero-order valence-corrected chi connectivity index (χ0v) is 2.65. The van der Waals surface area contributed by atoms with Gasteiger partial charge in [0, 0.05) is 5.21 Å². The molecule has 3 N–H and O–H groups in total. The fourth-order valence-corrected chi connectivity index (χ4v) is 0.208. The molecule has 0 saturated carbocycles. The van der Waals surface area contributed by atoms with E-state index in [2.05, 4.69) is 15.4 Å². The van der Waals surface area contributed by atoms with Gasteiger partial charge in [0.2, 0.25) is 0 Å². The average molecular weight is 71.1 g/mol. The van der Waals surface area contributed by atoms with Gasteiger partial charge in [-0.15, -0.1) is 0 Å². The average Bonchev–Trinajstić information content (AvgIpc) is 1.76. The van der Waals surface area contributed by atoms with Gasteiger partial charge in [0.05, 0.1) is 0 Å². The molecule has 0 aliphatic rings. The normalized spacial score (nSPS) is 8.00. The van der Waals surface area contributed by atoms with Crippen LogP contribution in [0.2, 0.25) is 0 Å². The van der Waals surface area contributed by atoms with Crippen molar-refractivity contribution < 1.29 is 10.2 Å². The zero-order chi connectivity index (χ0) is 3.54. The summed E-state index contributed by atoms with van der Waals surface area (Å²) in [6.45, 7) is 0. The summed E-state index contributed by atoms with van der Waals surface area (Å²) >= 11 is 0. The van der Waals surface area contributed by atoms with E-state index in [1.807, 2.05) is 0 Å². The van der Waals surface area contributed by atoms with Gasteiger partial charge in [-0.3, -0.25) is 0 Å². The van der Waals surface area contributed by atoms with E-state index >= 15 is 0 Å². The fourth-order valence-electron chi connectivity index (χ4n) is 0.208. The van der Waals surface area contributed by atoms with E-state index in [0.717, 1.165) is 0 Å². The largest absolute Gasteiger partial charge is 0.262 e. The van der Waals surface area contributed by atoms with Gasteiger partial charge in [0.1, 0.15) is 0 Å². The topological polar surface area (TPSA) is 44.1 Å². The maximum Gasteiger partial charge on any atom is 0.262 e. The molecule has 0 aromatic carbocycles. The Balaban J connectivity index is 3.13. The van der Waals surface area contributed by atoms with Crippen molar-refractivity contribution in [3.05, 3.63) is 12.4 Å². The standard InChI is InChI=1S/C2H3N3/c1-2-4-5-3-1/h1-2H,(H,3,4,5)/p+2. The van der Waals surface area contributed by atoms with Crippen molar-refractivity contribution in [2.24, 2.45) is 0 Å². The van der Waals surface area contributed by atoms with Gasteiger partial charge in [-0.25, -0.2) is 0 Å². The van der Waals surface area contributed by atoms with Crippen molar-refractivity contribution in [2.45, 2.75) is 0 Å². The molecule has 0 radical (unpaired) electrons. The molecule has 0 amide bonds. The molecule has 0 atom stereocenters. The molecular formula is C2H5N3+2. The van der Waals surface area contributed by atoms with Crippen LogP contribution in [0.5, 0.6) is 0 Å². The minimum Gasteiger partial charge on any atom is -0.0776 e. The highest BCUT2D eigenvalue weighted by atomic mass is 15.3. The zero-order valence-electron chi connectivity index (χ0n) is 2.65. The second-order valence-electron chi connectivity index (χ2n) is 0.747. The van der Waals surface area contributed by atoms with Gasteiger partial charge < -0.3 is 0 Å². The smallest absolute Gasteiger partial charge is 0.0776 e. The van der Waals surface area contributed by atoms with Crippen molar-refractivity contribution in [3.63, 3.8) is 0 Å². The van der Waals surface area contributed by atoms with Gasteiger partial charge >= 0.3 is 0 Å². The SMILES string of the molecule is c1c[nH+][nH][nH+]1. The quantitative estimate of drug-likeness (QED) is 0.393. The first kappa shape index (κ1) is 2.38. The molecule has 1 aromatic rings. The molecule has 1 heterocycles. The molecule has 3 heteroatoms. The summed E-state index contributed by atoms with van der Waals surface area (Å²) in [5, 5.41) is 7.97. The summed E-state index contributed by atoms with van der Waals surface area (Å²) in [6, 6.07) is 0.